The van der Waals surface area contributed by atoms with Crippen LogP contribution in [0.2, 0.25) is 0 Å². The Balaban J connectivity index is 4.03. The molecule has 0 aromatic rings. The van der Waals surface area contributed by atoms with Crippen molar-refractivity contribution in [3.8, 4) is 0 Å². The number of nitrogens with one attached hydrogen (secondary N) is 2. The van der Waals surface area contributed by atoms with Gasteiger partial charge in [0.25, 0.3) is 0 Å². The lowest BCUT2D eigenvalue weighted by Crippen LogP contribution is -2.37. The van der Waals surface area contributed by atoms with Gasteiger partial charge in [-0.15, -0.1) is 0 Å². The molecule has 0 aliphatic rings. The summed E-state index contributed by atoms with van der Waals surface area (Å²) in [6, 6.07) is -0.988. The first-order valence-corrected chi connectivity index (χ1v) is 5.89. The predicted molar refractivity (Wildman–Crippen MR) is 68.1 cm³/mol. The van der Waals surface area contributed by atoms with Crippen LogP contribution in [0.5, 0.6) is 0 Å². The average molecular weight is 272 g/mol. The van der Waals surface area contributed by atoms with Gasteiger partial charge in [0.15, 0.2) is 5.96 Å². The van der Waals surface area contributed by atoms with Crippen LogP contribution in [0.4, 0.5) is 0 Å². The van der Waals surface area contributed by atoms with E-state index in [2.05, 4.69) is 10.1 Å². The van der Waals surface area contributed by atoms with Crippen molar-refractivity contribution in [1.29, 1.82) is 5.41 Å². The van der Waals surface area contributed by atoms with E-state index in [1.54, 1.807) is 0 Å². The summed E-state index contributed by atoms with van der Waals surface area (Å²) in [5.41, 5.74) is 10.6. The van der Waals surface area contributed by atoms with Crippen LogP contribution in [-0.2, 0) is 19.1 Å². The number of nitrogens with two attached hydrogens (primary N) is 2. The molecule has 8 nitrogen and oxygen atoms in total. The molecule has 0 aliphatic carbocycles. The first-order chi connectivity index (χ1) is 8.75. The third kappa shape index (κ3) is 7.14. The Kier molecular flexibility index (Phi) is 7.35. The van der Waals surface area contributed by atoms with Gasteiger partial charge in [-0.05, 0) is 12.8 Å². The molecule has 0 amide bonds. The van der Waals surface area contributed by atoms with E-state index in [1.807, 2.05) is 0 Å². The summed E-state index contributed by atoms with van der Waals surface area (Å²) in [7, 11) is 0. The smallest absolute Gasteiger partial charge is 0.382 e. The summed E-state index contributed by atoms with van der Waals surface area (Å²) in [5, 5.41) is 9.45. The van der Waals surface area contributed by atoms with Gasteiger partial charge in [-0.1, -0.05) is 13.8 Å². The Morgan fingerprint density at radius 2 is 1.89 bits per heavy atom. The molecular weight excluding hydrogens is 252 g/mol. The van der Waals surface area contributed by atoms with Crippen molar-refractivity contribution < 1.29 is 19.1 Å². The van der Waals surface area contributed by atoms with E-state index in [-0.39, 0.29) is 12.4 Å². The predicted octanol–water partition coefficient (Wildman–Crippen LogP) is -1.13. The molecule has 0 unspecified atom stereocenters. The number of ketones is 1. The van der Waals surface area contributed by atoms with Gasteiger partial charge in [0.2, 0.25) is 5.78 Å². The van der Waals surface area contributed by atoms with Crippen molar-refractivity contribution in [2.75, 3.05) is 6.54 Å². The fourth-order valence-electron chi connectivity index (χ4n) is 1.12. The summed E-state index contributed by atoms with van der Waals surface area (Å²) in [4.78, 5) is 33.8. The number of guanidine groups is 1. The molecular formula is C11H20N4O4. The molecule has 0 spiro atoms. The molecule has 1 atom stereocenters. The number of Topliss-reactive ketones (excluding diaryl/α,β-unsaturated/α-hetero) is 1. The molecule has 0 rings (SSSR count). The molecule has 0 heterocycles. The van der Waals surface area contributed by atoms with Gasteiger partial charge in [-0.25, -0.2) is 9.59 Å². The van der Waals surface area contributed by atoms with Crippen LogP contribution in [0.15, 0.2) is 0 Å². The Morgan fingerprint density at radius 1 is 1.32 bits per heavy atom. The first-order valence-electron chi connectivity index (χ1n) is 5.89. The monoisotopic (exact) mass is 272 g/mol. The maximum atomic E-state index is 11.4. The van der Waals surface area contributed by atoms with Crippen LogP contribution < -0.4 is 16.8 Å². The maximum absolute atomic E-state index is 11.4. The van der Waals surface area contributed by atoms with Crippen molar-refractivity contribution in [2.24, 2.45) is 17.4 Å². The Bertz CT molecular complexity index is 368. The number of hydrogen-bond acceptors (Lipinski definition) is 6. The van der Waals surface area contributed by atoms with Gasteiger partial charge < -0.3 is 21.5 Å². The second-order valence-electron chi connectivity index (χ2n) is 4.32. The molecule has 0 aliphatic heterocycles. The Labute approximate surface area is 111 Å². The highest BCUT2D eigenvalue weighted by Gasteiger charge is 2.25. The van der Waals surface area contributed by atoms with E-state index >= 15 is 0 Å². The van der Waals surface area contributed by atoms with E-state index in [0.29, 0.717) is 13.0 Å². The highest BCUT2D eigenvalue weighted by molar-refractivity contribution is 6.35. The van der Waals surface area contributed by atoms with E-state index in [1.165, 1.54) is 13.8 Å². The second kappa shape index (κ2) is 8.20. The van der Waals surface area contributed by atoms with Gasteiger partial charge in [0, 0.05) is 12.5 Å². The zero-order chi connectivity index (χ0) is 15.0. The minimum atomic E-state index is -1.18. The van der Waals surface area contributed by atoms with Crippen LogP contribution >= 0.6 is 0 Å². The third-order valence-corrected chi connectivity index (χ3v) is 2.23. The molecule has 108 valence electrons. The van der Waals surface area contributed by atoms with E-state index < -0.39 is 29.7 Å². The fraction of sp³-hybridized carbons (Fsp3) is 0.636. The molecule has 0 aromatic heterocycles. The average Bonchev–Trinajstić information content (AvgIpc) is 2.32. The third-order valence-electron chi connectivity index (χ3n) is 2.23. The van der Waals surface area contributed by atoms with Gasteiger partial charge in [-0.3, -0.25) is 10.2 Å². The lowest BCUT2D eigenvalue weighted by molar-refractivity contribution is -0.165. The van der Waals surface area contributed by atoms with Crippen LogP contribution in [0.1, 0.15) is 26.7 Å². The molecule has 8 heteroatoms. The zero-order valence-corrected chi connectivity index (χ0v) is 11.1. The number of carbonyl (C=O) groups is 3. The summed E-state index contributed by atoms with van der Waals surface area (Å²) in [5.74, 6) is -3.58. The van der Waals surface area contributed by atoms with Crippen molar-refractivity contribution >= 4 is 23.7 Å². The molecule has 0 bridgehead atoms. The highest BCUT2D eigenvalue weighted by atomic mass is 16.6. The molecule has 6 N–H and O–H groups in total. The van der Waals surface area contributed by atoms with Crippen molar-refractivity contribution in [3.05, 3.63) is 0 Å². The first kappa shape index (κ1) is 17.0. The molecule has 19 heavy (non-hydrogen) atoms. The Hall–Kier alpha value is -1.96. The summed E-state index contributed by atoms with van der Waals surface area (Å²) < 4.78 is 4.37. The minimum absolute atomic E-state index is 0.172. The van der Waals surface area contributed by atoms with Gasteiger partial charge in [0.05, 0.1) is 0 Å². The summed E-state index contributed by atoms with van der Waals surface area (Å²) >= 11 is 0. The van der Waals surface area contributed by atoms with Crippen LogP contribution in [0.3, 0.4) is 0 Å². The van der Waals surface area contributed by atoms with Crippen molar-refractivity contribution in [1.82, 2.24) is 5.32 Å². The number of hydrogen-bond donors (Lipinski definition) is 4. The SMILES string of the molecule is CC(C)C(=O)C(=O)OC(=O)[C@@H](N)CCCNC(=N)N. The van der Waals surface area contributed by atoms with E-state index in [9.17, 15) is 14.4 Å². The highest BCUT2D eigenvalue weighted by Crippen LogP contribution is 2.00. The summed E-state index contributed by atoms with van der Waals surface area (Å²) in [6.45, 7) is 3.44. The van der Waals surface area contributed by atoms with Gasteiger partial charge in [-0.2, -0.15) is 0 Å². The molecule has 0 saturated carbocycles. The standard InChI is InChI=1S/C11H20N4O4/c1-6(2)8(16)10(18)19-9(17)7(12)4-3-5-15-11(13)14/h6-7H,3-5,12H2,1-2H3,(H4,13,14,15)/t7-/m0/s1. The largest absolute Gasteiger partial charge is 0.386 e. The van der Waals surface area contributed by atoms with Crippen LogP contribution in [0, 0.1) is 11.3 Å². The quantitative estimate of drug-likeness (QED) is 0.114. The zero-order valence-electron chi connectivity index (χ0n) is 11.1. The van der Waals surface area contributed by atoms with E-state index in [4.69, 9.17) is 16.9 Å². The number of rotatable bonds is 7. The van der Waals surface area contributed by atoms with Gasteiger partial charge >= 0.3 is 11.9 Å². The number of esters is 2. The Morgan fingerprint density at radius 3 is 2.37 bits per heavy atom. The second-order valence-corrected chi connectivity index (χ2v) is 4.32. The fourth-order valence-corrected chi connectivity index (χ4v) is 1.12. The lowest BCUT2D eigenvalue weighted by Gasteiger charge is -2.10. The molecule has 0 aromatic carbocycles. The van der Waals surface area contributed by atoms with Crippen LogP contribution in [0.25, 0.3) is 0 Å². The minimum Gasteiger partial charge on any atom is -0.386 e. The van der Waals surface area contributed by atoms with Crippen molar-refractivity contribution in [3.63, 3.8) is 0 Å². The molecule has 0 fully saturated rings. The normalized spacial score (nSPS) is 11.8. The lowest BCUT2D eigenvalue weighted by atomic mass is 10.1. The maximum Gasteiger partial charge on any atom is 0.382 e. The number of carbonyl (C=O) groups excluding carboxylic acids is 3. The number of ether oxygens (including phenoxy) is 1. The van der Waals surface area contributed by atoms with E-state index in [0.717, 1.165) is 0 Å². The molecule has 0 radical (unpaired) electrons. The van der Waals surface area contributed by atoms with Crippen molar-refractivity contribution in [2.45, 2.75) is 32.7 Å². The summed E-state index contributed by atoms with van der Waals surface area (Å²) in [6.07, 6.45) is 0.727. The molecule has 0 saturated heterocycles. The van der Waals surface area contributed by atoms with Gasteiger partial charge in [0.1, 0.15) is 6.04 Å². The topological polar surface area (TPSA) is 148 Å². The van der Waals surface area contributed by atoms with Crippen LogP contribution in [-0.4, -0.2) is 36.3 Å².